The van der Waals surface area contributed by atoms with Crippen LogP contribution >= 0.6 is 11.8 Å². The Balaban J connectivity index is 1.88. The first kappa shape index (κ1) is 12.8. The van der Waals surface area contributed by atoms with E-state index in [1.807, 2.05) is 0 Å². The molecule has 1 aromatic rings. The fourth-order valence-corrected chi connectivity index (χ4v) is 2.54. The average Bonchev–Trinajstić information content (AvgIpc) is 2.56. The van der Waals surface area contributed by atoms with Crippen molar-refractivity contribution in [1.82, 2.24) is 0 Å². The molecule has 3 N–H and O–H groups in total. The van der Waals surface area contributed by atoms with Gasteiger partial charge in [0.25, 0.3) is 0 Å². The van der Waals surface area contributed by atoms with E-state index < -0.39 is 24.6 Å². The van der Waals surface area contributed by atoms with Crippen molar-refractivity contribution in [3.05, 3.63) is 30.1 Å². The van der Waals surface area contributed by atoms with Crippen molar-refractivity contribution in [2.24, 2.45) is 0 Å². The molecule has 1 aliphatic heterocycles. The van der Waals surface area contributed by atoms with E-state index >= 15 is 0 Å². The standard InChI is InChI=1S/C11H13FO4S/c12-6-1-3-7(4-2-6)17-5-8-9(13)10(14)11(15)16-8/h1-4,8-11,13-15H,5H2. The van der Waals surface area contributed by atoms with E-state index in [9.17, 15) is 19.7 Å². The van der Waals surface area contributed by atoms with E-state index in [-0.39, 0.29) is 5.82 Å². The van der Waals surface area contributed by atoms with E-state index in [0.717, 1.165) is 4.90 Å². The highest BCUT2D eigenvalue weighted by atomic mass is 32.2. The molecule has 1 aliphatic rings. The molecule has 0 bridgehead atoms. The van der Waals surface area contributed by atoms with Gasteiger partial charge in [0, 0.05) is 10.6 Å². The molecular formula is C11H13FO4S. The van der Waals surface area contributed by atoms with Crippen molar-refractivity contribution in [3.63, 3.8) is 0 Å². The maximum absolute atomic E-state index is 12.7. The first-order chi connectivity index (χ1) is 8.08. The monoisotopic (exact) mass is 260 g/mol. The Hall–Kier alpha value is -0.660. The molecule has 94 valence electrons. The van der Waals surface area contributed by atoms with Crippen LogP contribution in [0, 0.1) is 5.82 Å². The molecule has 0 amide bonds. The minimum atomic E-state index is -1.34. The van der Waals surface area contributed by atoms with Crippen LogP contribution in [-0.4, -0.2) is 45.7 Å². The first-order valence-electron chi connectivity index (χ1n) is 5.16. The van der Waals surface area contributed by atoms with Crippen LogP contribution in [0.25, 0.3) is 0 Å². The van der Waals surface area contributed by atoms with Gasteiger partial charge in [-0.25, -0.2) is 4.39 Å². The number of rotatable bonds is 3. The molecule has 2 rings (SSSR count). The average molecular weight is 260 g/mol. The lowest BCUT2D eigenvalue weighted by atomic mass is 10.2. The summed E-state index contributed by atoms with van der Waals surface area (Å²) in [6, 6.07) is 5.93. The van der Waals surface area contributed by atoms with Gasteiger partial charge in [0.05, 0.1) is 6.10 Å². The lowest BCUT2D eigenvalue weighted by Crippen LogP contribution is -2.33. The van der Waals surface area contributed by atoms with E-state index in [0.29, 0.717) is 5.75 Å². The minimum Gasteiger partial charge on any atom is -0.387 e. The van der Waals surface area contributed by atoms with Gasteiger partial charge in [0.15, 0.2) is 6.29 Å². The molecule has 1 aromatic carbocycles. The van der Waals surface area contributed by atoms with Gasteiger partial charge in [-0.2, -0.15) is 0 Å². The number of thioether (sulfide) groups is 1. The molecule has 4 nitrogen and oxygen atoms in total. The van der Waals surface area contributed by atoms with Crippen molar-refractivity contribution in [2.75, 3.05) is 5.75 Å². The third-order valence-electron chi connectivity index (χ3n) is 2.57. The van der Waals surface area contributed by atoms with Gasteiger partial charge in [0.1, 0.15) is 18.0 Å². The number of halogens is 1. The SMILES string of the molecule is OC1OC(CSc2ccc(F)cc2)C(O)C1O. The summed E-state index contributed by atoms with van der Waals surface area (Å²) in [5, 5.41) is 28.0. The van der Waals surface area contributed by atoms with Crippen molar-refractivity contribution in [2.45, 2.75) is 29.5 Å². The highest BCUT2D eigenvalue weighted by Crippen LogP contribution is 2.26. The van der Waals surface area contributed by atoms with Gasteiger partial charge in [-0.15, -0.1) is 11.8 Å². The number of aliphatic hydroxyl groups excluding tert-OH is 3. The zero-order valence-corrected chi connectivity index (χ0v) is 9.68. The molecular weight excluding hydrogens is 247 g/mol. The summed E-state index contributed by atoms with van der Waals surface area (Å²) in [5.74, 6) is 0.0679. The Bertz CT molecular complexity index is 372. The quantitative estimate of drug-likeness (QED) is 0.684. The summed E-state index contributed by atoms with van der Waals surface area (Å²) in [5.41, 5.74) is 0. The second-order valence-corrected chi connectivity index (χ2v) is 4.90. The van der Waals surface area contributed by atoms with Crippen LogP contribution in [0.15, 0.2) is 29.2 Å². The Kier molecular flexibility index (Phi) is 4.01. The topological polar surface area (TPSA) is 69.9 Å². The van der Waals surface area contributed by atoms with E-state index in [1.54, 1.807) is 12.1 Å². The summed E-state index contributed by atoms with van der Waals surface area (Å²) < 4.78 is 17.6. The van der Waals surface area contributed by atoms with E-state index in [2.05, 4.69) is 0 Å². The zero-order chi connectivity index (χ0) is 12.4. The van der Waals surface area contributed by atoms with Gasteiger partial charge < -0.3 is 20.1 Å². The summed E-state index contributed by atoms with van der Waals surface area (Å²) in [4.78, 5) is 0.832. The highest BCUT2D eigenvalue weighted by molar-refractivity contribution is 7.99. The van der Waals surface area contributed by atoms with Gasteiger partial charge in [-0.05, 0) is 24.3 Å². The highest BCUT2D eigenvalue weighted by Gasteiger charge is 2.41. The number of aliphatic hydroxyl groups is 3. The second kappa shape index (κ2) is 5.32. The largest absolute Gasteiger partial charge is 0.387 e. The summed E-state index contributed by atoms with van der Waals surface area (Å²) in [6.45, 7) is 0. The summed E-state index contributed by atoms with van der Waals surface area (Å²) in [6.07, 6.45) is -4.34. The minimum absolute atomic E-state index is 0.308. The van der Waals surface area contributed by atoms with Crippen molar-refractivity contribution in [3.8, 4) is 0 Å². The van der Waals surface area contributed by atoms with Crippen LogP contribution in [0.3, 0.4) is 0 Å². The third-order valence-corrected chi connectivity index (χ3v) is 3.67. The molecule has 1 heterocycles. The number of benzene rings is 1. The Morgan fingerprint density at radius 2 is 1.76 bits per heavy atom. The molecule has 1 saturated heterocycles. The van der Waals surface area contributed by atoms with Crippen LogP contribution < -0.4 is 0 Å². The summed E-state index contributed by atoms with van der Waals surface area (Å²) in [7, 11) is 0. The van der Waals surface area contributed by atoms with E-state index in [4.69, 9.17) is 4.74 Å². The molecule has 0 aliphatic carbocycles. The van der Waals surface area contributed by atoms with Crippen LogP contribution in [-0.2, 0) is 4.74 Å². The fourth-order valence-electron chi connectivity index (χ4n) is 1.58. The lowest BCUT2D eigenvalue weighted by molar-refractivity contribution is -0.123. The van der Waals surface area contributed by atoms with Crippen LogP contribution in [0.4, 0.5) is 4.39 Å². The van der Waals surface area contributed by atoms with Crippen LogP contribution in [0.1, 0.15) is 0 Å². The van der Waals surface area contributed by atoms with E-state index in [1.165, 1.54) is 23.9 Å². The van der Waals surface area contributed by atoms with Crippen LogP contribution in [0.2, 0.25) is 0 Å². The molecule has 0 aromatic heterocycles. The molecule has 4 atom stereocenters. The molecule has 0 saturated carbocycles. The number of hydrogen-bond acceptors (Lipinski definition) is 5. The maximum Gasteiger partial charge on any atom is 0.183 e. The second-order valence-electron chi connectivity index (χ2n) is 3.81. The first-order valence-corrected chi connectivity index (χ1v) is 6.14. The Morgan fingerprint density at radius 3 is 2.29 bits per heavy atom. The third kappa shape index (κ3) is 2.97. The number of ether oxygens (including phenoxy) is 1. The normalized spacial score (nSPS) is 32.9. The van der Waals surface area contributed by atoms with Crippen molar-refractivity contribution < 1.29 is 24.4 Å². The van der Waals surface area contributed by atoms with Gasteiger partial charge in [-0.3, -0.25) is 0 Å². The molecule has 6 heteroatoms. The lowest BCUT2D eigenvalue weighted by Gasteiger charge is -2.13. The molecule has 4 unspecified atom stereocenters. The maximum atomic E-state index is 12.7. The fraction of sp³-hybridized carbons (Fsp3) is 0.455. The van der Waals surface area contributed by atoms with Gasteiger partial charge >= 0.3 is 0 Å². The van der Waals surface area contributed by atoms with Gasteiger partial charge in [0.2, 0.25) is 0 Å². The molecule has 0 radical (unpaired) electrons. The van der Waals surface area contributed by atoms with Crippen LogP contribution in [0.5, 0.6) is 0 Å². The molecule has 17 heavy (non-hydrogen) atoms. The Morgan fingerprint density at radius 1 is 1.12 bits per heavy atom. The zero-order valence-electron chi connectivity index (χ0n) is 8.86. The van der Waals surface area contributed by atoms with Crippen molar-refractivity contribution >= 4 is 11.8 Å². The molecule has 1 fully saturated rings. The van der Waals surface area contributed by atoms with Crippen molar-refractivity contribution in [1.29, 1.82) is 0 Å². The Labute approximate surface area is 102 Å². The molecule has 0 spiro atoms. The smallest absolute Gasteiger partial charge is 0.183 e. The summed E-state index contributed by atoms with van der Waals surface area (Å²) >= 11 is 1.36. The predicted octanol–water partition coefficient (Wildman–Crippen LogP) is 0.357. The number of hydrogen-bond donors (Lipinski definition) is 3. The van der Waals surface area contributed by atoms with Gasteiger partial charge in [-0.1, -0.05) is 0 Å². The predicted molar refractivity (Wildman–Crippen MR) is 60.0 cm³/mol.